The molecule has 0 radical (unpaired) electrons. The monoisotopic (exact) mass is 350 g/mol. The van der Waals surface area contributed by atoms with Gasteiger partial charge >= 0.3 is 5.97 Å². The highest BCUT2D eigenvalue weighted by Gasteiger charge is 2.22. The lowest BCUT2D eigenvalue weighted by molar-refractivity contribution is 0.0696. The van der Waals surface area contributed by atoms with E-state index in [1.54, 1.807) is 26.8 Å². The third kappa shape index (κ3) is 4.09. The van der Waals surface area contributed by atoms with Crippen LogP contribution in [0.5, 0.6) is 0 Å². The van der Waals surface area contributed by atoms with Crippen LogP contribution in [0, 0.1) is 0 Å². The molecule has 2 aromatic rings. The highest BCUT2D eigenvalue weighted by atomic mass is 32.2. The number of pyridine rings is 1. The van der Waals surface area contributed by atoms with Gasteiger partial charge in [0, 0.05) is 17.3 Å². The third-order valence-corrected chi connectivity index (χ3v) is 4.80. The summed E-state index contributed by atoms with van der Waals surface area (Å²) >= 11 is 0. The summed E-state index contributed by atoms with van der Waals surface area (Å²) in [6.07, 6.45) is 1.09. The maximum absolute atomic E-state index is 12.4. The minimum atomic E-state index is -3.77. The van der Waals surface area contributed by atoms with Gasteiger partial charge in [0.2, 0.25) is 10.0 Å². The molecule has 128 valence electrons. The van der Waals surface area contributed by atoms with Crippen molar-refractivity contribution in [3.63, 3.8) is 0 Å². The molecule has 1 aromatic heterocycles. The topological polar surface area (TPSA) is 116 Å². The molecular weight excluding hydrogens is 332 g/mol. The first-order valence-corrected chi connectivity index (χ1v) is 8.58. The van der Waals surface area contributed by atoms with Gasteiger partial charge in [-0.25, -0.2) is 17.9 Å². The number of aromatic carboxylic acids is 1. The Bertz CT molecular complexity index is 939. The zero-order valence-electron chi connectivity index (χ0n) is 13.5. The molecule has 8 heteroatoms. The third-order valence-electron chi connectivity index (χ3n) is 3.05. The van der Waals surface area contributed by atoms with Gasteiger partial charge in [-0.05, 0) is 44.5 Å². The van der Waals surface area contributed by atoms with Crippen LogP contribution in [0.2, 0.25) is 0 Å². The molecule has 0 aliphatic rings. The molecule has 0 spiro atoms. The van der Waals surface area contributed by atoms with Crippen molar-refractivity contribution in [1.29, 1.82) is 0 Å². The number of aromatic nitrogens is 1. The van der Waals surface area contributed by atoms with E-state index in [0.717, 1.165) is 6.20 Å². The molecule has 0 atom stereocenters. The number of nitrogens with one attached hydrogen (secondary N) is 2. The number of hydrogen-bond acceptors (Lipinski definition) is 4. The molecule has 0 aliphatic carbocycles. The van der Waals surface area contributed by atoms with Gasteiger partial charge in [-0.3, -0.25) is 4.79 Å². The van der Waals surface area contributed by atoms with Crippen LogP contribution in [0.3, 0.4) is 0 Å². The van der Waals surface area contributed by atoms with Gasteiger partial charge in [0.1, 0.15) is 0 Å². The standard InChI is InChI=1S/C16H18N2O5S/c1-16(2,3)18-24(22,23)12-6-4-5-10(7-12)13-8-11(15(20)21)9-17-14(13)19/h4-9,18H,1-3H3,(H,17,19)(H,20,21). The molecule has 3 N–H and O–H groups in total. The summed E-state index contributed by atoms with van der Waals surface area (Å²) in [5.41, 5.74) is -0.849. The number of H-pyrrole nitrogens is 1. The molecule has 0 fully saturated rings. The Morgan fingerprint density at radius 2 is 1.88 bits per heavy atom. The fourth-order valence-electron chi connectivity index (χ4n) is 2.11. The number of benzene rings is 1. The molecule has 0 amide bonds. The van der Waals surface area contributed by atoms with Gasteiger partial charge in [-0.1, -0.05) is 12.1 Å². The second kappa shape index (κ2) is 6.21. The van der Waals surface area contributed by atoms with Crippen molar-refractivity contribution in [3.8, 4) is 11.1 Å². The minimum absolute atomic E-state index is 0.00458. The zero-order chi connectivity index (χ0) is 18.1. The first-order valence-electron chi connectivity index (χ1n) is 7.10. The number of carbonyl (C=O) groups is 1. The van der Waals surface area contributed by atoms with Gasteiger partial charge in [-0.2, -0.15) is 0 Å². The first kappa shape index (κ1) is 17.9. The second-order valence-electron chi connectivity index (χ2n) is 6.32. The van der Waals surface area contributed by atoms with Crippen molar-refractivity contribution in [2.24, 2.45) is 0 Å². The van der Waals surface area contributed by atoms with Crippen LogP contribution in [0.15, 0.2) is 46.2 Å². The Hall–Kier alpha value is -2.45. The summed E-state index contributed by atoms with van der Waals surface area (Å²) in [6, 6.07) is 7.01. The van der Waals surface area contributed by atoms with E-state index in [0.29, 0.717) is 5.56 Å². The quantitative estimate of drug-likeness (QED) is 0.778. The largest absolute Gasteiger partial charge is 0.478 e. The van der Waals surface area contributed by atoms with E-state index >= 15 is 0 Å². The Kier molecular flexibility index (Phi) is 4.63. The molecule has 24 heavy (non-hydrogen) atoms. The van der Waals surface area contributed by atoms with Gasteiger partial charge in [0.15, 0.2) is 0 Å². The van der Waals surface area contributed by atoms with E-state index in [-0.39, 0.29) is 16.0 Å². The van der Waals surface area contributed by atoms with E-state index in [1.165, 1.54) is 24.3 Å². The van der Waals surface area contributed by atoms with Crippen LogP contribution < -0.4 is 10.3 Å². The second-order valence-corrected chi connectivity index (χ2v) is 8.00. The molecular formula is C16H18N2O5S. The summed E-state index contributed by atoms with van der Waals surface area (Å²) in [5.74, 6) is -1.19. The predicted octanol–water partition coefficient (Wildman–Crippen LogP) is 1.82. The lowest BCUT2D eigenvalue weighted by Gasteiger charge is -2.20. The minimum Gasteiger partial charge on any atom is -0.478 e. The Balaban J connectivity index is 2.55. The van der Waals surface area contributed by atoms with Crippen molar-refractivity contribution in [1.82, 2.24) is 9.71 Å². The van der Waals surface area contributed by atoms with Gasteiger partial charge in [0.25, 0.3) is 5.56 Å². The smallest absolute Gasteiger partial charge is 0.337 e. The van der Waals surface area contributed by atoms with Crippen molar-refractivity contribution in [2.75, 3.05) is 0 Å². The predicted molar refractivity (Wildman–Crippen MR) is 89.5 cm³/mol. The van der Waals surface area contributed by atoms with E-state index in [1.807, 2.05) is 0 Å². The molecule has 0 unspecified atom stereocenters. The van der Waals surface area contributed by atoms with Crippen molar-refractivity contribution >= 4 is 16.0 Å². The lowest BCUT2D eigenvalue weighted by atomic mass is 10.1. The molecule has 0 bridgehead atoms. The summed E-state index contributed by atoms with van der Waals surface area (Å²) < 4.78 is 27.3. The lowest BCUT2D eigenvalue weighted by Crippen LogP contribution is -2.40. The van der Waals surface area contributed by atoms with Crippen molar-refractivity contribution in [3.05, 3.63) is 52.4 Å². The average molecular weight is 350 g/mol. The summed E-state index contributed by atoms with van der Waals surface area (Å²) in [4.78, 5) is 25.4. The van der Waals surface area contributed by atoms with Crippen molar-refractivity contribution < 1.29 is 18.3 Å². The molecule has 1 heterocycles. The first-order chi connectivity index (χ1) is 11.0. The fraction of sp³-hybridized carbons (Fsp3) is 0.250. The van der Waals surface area contributed by atoms with Crippen molar-refractivity contribution in [2.45, 2.75) is 31.2 Å². The number of aromatic amines is 1. The highest BCUT2D eigenvalue weighted by molar-refractivity contribution is 7.89. The number of sulfonamides is 1. The average Bonchev–Trinajstić information content (AvgIpc) is 2.45. The summed E-state index contributed by atoms with van der Waals surface area (Å²) in [5, 5.41) is 9.03. The number of carboxylic acids is 1. The number of hydrogen-bond donors (Lipinski definition) is 3. The molecule has 1 aromatic carbocycles. The van der Waals surface area contributed by atoms with E-state index in [2.05, 4.69) is 9.71 Å². The van der Waals surface area contributed by atoms with Gasteiger partial charge < -0.3 is 10.1 Å². The van der Waals surface area contributed by atoms with Crippen LogP contribution in [0.1, 0.15) is 31.1 Å². The summed E-state index contributed by atoms with van der Waals surface area (Å²) in [7, 11) is -3.77. The van der Waals surface area contributed by atoms with Crippen LogP contribution in [-0.4, -0.2) is 30.0 Å². The van der Waals surface area contributed by atoms with E-state index in [9.17, 15) is 18.0 Å². The van der Waals surface area contributed by atoms with Gasteiger partial charge in [-0.15, -0.1) is 0 Å². The Morgan fingerprint density at radius 1 is 1.21 bits per heavy atom. The van der Waals surface area contributed by atoms with Crippen LogP contribution in [0.25, 0.3) is 11.1 Å². The Labute approximate surface area is 139 Å². The normalized spacial score (nSPS) is 12.1. The molecule has 0 saturated heterocycles. The van der Waals surface area contributed by atoms with Crippen LogP contribution >= 0.6 is 0 Å². The molecule has 0 aliphatic heterocycles. The number of rotatable bonds is 4. The maximum atomic E-state index is 12.4. The zero-order valence-corrected chi connectivity index (χ0v) is 14.3. The molecule has 0 saturated carbocycles. The SMILES string of the molecule is CC(C)(C)NS(=O)(=O)c1cccc(-c2cc(C(=O)O)c[nH]c2=O)c1. The van der Waals surface area contributed by atoms with E-state index < -0.39 is 27.1 Å². The summed E-state index contributed by atoms with van der Waals surface area (Å²) in [6.45, 7) is 5.15. The van der Waals surface area contributed by atoms with Crippen LogP contribution in [0.4, 0.5) is 0 Å². The number of carboxylic acid groups (broad SMARTS) is 1. The Morgan fingerprint density at radius 3 is 2.46 bits per heavy atom. The fourth-order valence-corrected chi connectivity index (χ4v) is 3.58. The highest BCUT2D eigenvalue weighted by Crippen LogP contribution is 2.21. The van der Waals surface area contributed by atoms with Crippen LogP contribution in [-0.2, 0) is 10.0 Å². The maximum Gasteiger partial charge on any atom is 0.337 e. The molecule has 7 nitrogen and oxygen atoms in total. The van der Waals surface area contributed by atoms with Gasteiger partial charge in [0.05, 0.1) is 10.5 Å². The van der Waals surface area contributed by atoms with E-state index in [4.69, 9.17) is 5.11 Å². The molecule has 2 rings (SSSR count).